The highest BCUT2D eigenvalue weighted by molar-refractivity contribution is 6.36. The summed E-state index contributed by atoms with van der Waals surface area (Å²) in [5, 5.41) is 2.23. The minimum atomic E-state index is -0.718. The molecule has 6 heteroatoms. The van der Waals surface area contributed by atoms with Crippen molar-refractivity contribution in [3.63, 3.8) is 0 Å². The van der Waals surface area contributed by atoms with Crippen LogP contribution in [-0.4, -0.2) is 37.9 Å². The second kappa shape index (κ2) is 11.8. The number of amides is 1. The molecule has 0 aromatic rings. The second-order valence-electron chi connectivity index (χ2n) is 2.70. The van der Waals surface area contributed by atoms with Crippen molar-refractivity contribution < 1.29 is 20.5 Å². The number of carbonyl (C=O) groups excluding carboxylic acids is 3. The lowest BCUT2D eigenvalue weighted by Crippen LogP contribution is -2.33. The van der Waals surface area contributed by atoms with Gasteiger partial charge in [0, 0.05) is 15.0 Å². The Balaban J connectivity index is -0.000000616. The van der Waals surface area contributed by atoms with Gasteiger partial charge in [-0.2, -0.15) is 0 Å². The lowest BCUT2D eigenvalue weighted by atomic mass is 10.1. The van der Waals surface area contributed by atoms with Crippen molar-refractivity contribution in [2.75, 3.05) is 13.8 Å². The van der Waals surface area contributed by atoms with Crippen molar-refractivity contribution in [2.24, 2.45) is 5.73 Å². The number of aldehydes is 1. The van der Waals surface area contributed by atoms with Crippen LogP contribution in [0, 0.1) is 0 Å². The topological polar surface area (TPSA) is 98.5 Å². The number of rotatable bonds is 7. The number of ether oxygens (including phenoxy) is 1. The fraction of sp³-hybridized carbons (Fsp3) is 0.700. The summed E-state index contributed by atoms with van der Waals surface area (Å²) in [6.07, 6.45) is 0.693. The van der Waals surface area contributed by atoms with Gasteiger partial charge in [-0.15, -0.1) is 0 Å². The number of nitrogens with two attached hydrogens (primary N) is 1. The Morgan fingerprint density at radius 1 is 1.50 bits per heavy atom. The standard InChI is InChI=1S/C8H14N2O4.C2H6.H2/c1-14-5-10-8(13)7(12)3-2-6(9)4-11;1-2;/h4,6H,2-3,5,9H2,1H3,(H,10,13);1-2H3;1H/t6-;;/m0../s1. The van der Waals surface area contributed by atoms with Crippen LogP contribution >= 0.6 is 0 Å². The van der Waals surface area contributed by atoms with Crippen LogP contribution in [0.2, 0.25) is 0 Å². The average Bonchev–Trinajstić information content (AvgIpc) is 2.34. The third-order valence-electron chi connectivity index (χ3n) is 1.51. The van der Waals surface area contributed by atoms with Gasteiger partial charge in [0.25, 0.3) is 5.91 Å². The van der Waals surface area contributed by atoms with E-state index < -0.39 is 17.7 Å². The van der Waals surface area contributed by atoms with Crippen molar-refractivity contribution in [1.82, 2.24) is 5.32 Å². The van der Waals surface area contributed by atoms with Gasteiger partial charge in [-0.1, -0.05) is 13.8 Å². The highest BCUT2D eigenvalue weighted by Gasteiger charge is 2.13. The van der Waals surface area contributed by atoms with Gasteiger partial charge in [0.15, 0.2) is 0 Å². The number of methoxy groups -OCH3 is 1. The van der Waals surface area contributed by atoms with E-state index in [0.29, 0.717) is 6.29 Å². The van der Waals surface area contributed by atoms with E-state index in [-0.39, 0.29) is 21.0 Å². The predicted molar refractivity (Wildman–Crippen MR) is 61.8 cm³/mol. The molecule has 0 saturated carbocycles. The Hall–Kier alpha value is -1.27. The first-order chi connectivity index (χ1) is 7.61. The summed E-state index contributed by atoms with van der Waals surface area (Å²) in [6.45, 7) is 3.99. The predicted octanol–water partition coefficient (Wildman–Crippen LogP) is -0.146. The first-order valence-corrected chi connectivity index (χ1v) is 5.12. The van der Waals surface area contributed by atoms with Gasteiger partial charge in [-0.25, -0.2) is 0 Å². The van der Waals surface area contributed by atoms with Crippen LogP contribution in [0.25, 0.3) is 0 Å². The van der Waals surface area contributed by atoms with Crippen LogP contribution in [0.3, 0.4) is 0 Å². The Kier molecular flexibility index (Phi) is 12.6. The average molecular weight is 234 g/mol. The van der Waals surface area contributed by atoms with Gasteiger partial charge in [0.2, 0.25) is 5.78 Å². The molecule has 0 aromatic heterocycles. The molecule has 16 heavy (non-hydrogen) atoms. The number of hydrogen-bond donors (Lipinski definition) is 2. The van der Waals surface area contributed by atoms with Crippen LogP contribution < -0.4 is 11.1 Å². The Bertz CT molecular complexity index is 224. The number of hydrogen-bond acceptors (Lipinski definition) is 5. The molecule has 0 heterocycles. The molecular weight excluding hydrogens is 212 g/mol. The monoisotopic (exact) mass is 234 g/mol. The van der Waals surface area contributed by atoms with Crippen LogP contribution in [-0.2, 0) is 19.1 Å². The highest BCUT2D eigenvalue weighted by atomic mass is 16.5. The normalized spacial score (nSPS) is 10.8. The van der Waals surface area contributed by atoms with Gasteiger partial charge in [0.1, 0.15) is 13.0 Å². The van der Waals surface area contributed by atoms with Crippen molar-refractivity contribution >= 4 is 18.0 Å². The number of Topliss-reactive ketones (excluding diaryl/α,β-unsaturated/α-hetero) is 1. The summed E-state index contributed by atoms with van der Waals surface area (Å²) < 4.78 is 4.54. The second-order valence-corrected chi connectivity index (χ2v) is 2.70. The molecule has 0 spiro atoms. The summed E-state index contributed by atoms with van der Waals surface area (Å²) in [5.41, 5.74) is 5.24. The maximum Gasteiger partial charge on any atom is 0.289 e. The van der Waals surface area contributed by atoms with Crippen molar-refractivity contribution in [2.45, 2.75) is 32.7 Å². The first kappa shape index (κ1) is 17.1. The van der Waals surface area contributed by atoms with E-state index in [2.05, 4.69) is 10.1 Å². The molecule has 0 aliphatic heterocycles. The van der Waals surface area contributed by atoms with Gasteiger partial charge in [-0.3, -0.25) is 9.59 Å². The molecule has 0 aliphatic carbocycles. The Morgan fingerprint density at radius 3 is 2.50 bits per heavy atom. The van der Waals surface area contributed by atoms with Crippen molar-refractivity contribution in [1.29, 1.82) is 0 Å². The largest absolute Gasteiger partial charge is 0.364 e. The third-order valence-corrected chi connectivity index (χ3v) is 1.51. The number of carbonyl (C=O) groups is 3. The molecule has 0 radical (unpaired) electrons. The minimum Gasteiger partial charge on any atom is -0.364 e. The lowest BCUT2D eigenvalue weighted by Gasteiger charge is -2.03. The molecule has 0 fully saturated rings. The molecule has 0 bridgehead atoms. The van der Waals surface area contributed by atoms with Crippen molar-refractivity contribution in [3.05, 3.63) is 0 Å². The quantitative estimate of drug-likeness (QED) is 0.363. The molecule has 3 N–H and O–H groups in total. The number of nitrogens with one attached hydrogen (secondary N) is 1. The minimum absolute atomic E-state index is 0. The van der Waals surface area contributed by atoms with Crippen LogP contribution in [0.1, 0.15) is 28.1 Å². The Labute approximate surface area is 97.0 Å². The molecule has 1 amide bonds. The maximum atomic E-state index is 11.0. The fourth-order valence-corrected chi connectivity index (χ4v) is 0.716. The van der Waals surface area contributed by atoms with E-state index in [1.54, 1.807) is 0 Å². The zero-order valence-electron chi connectivity index (χ0n) is 9.99. The molecule has 0 aromatic carbocycles. The van der Waals surface area contributed by atoms with Gasteiger partial charge in [-0.05, 0) is 6.42 Å². The number of ketones is 1. The molecule has 1 atom stereocenters. The van der Waals surface area contributed by atoms with Gasteiger partial charge < -0.3 is 20.6 Å². The summed E-state index contributed by atoms with van der Waals surface area (Å²) in [5.74, 6) is -1.32. The zero-order valence-corrected chi connectivity index (χ0v) is 9.99. The van der Waals surface area contributed by atoms with E-state index in [1.165, 1.54) is 7.11 Å². The zero-order chi connectivity index (χ0) is 13.0. The maximum absolute atomic E-state index is 11.0. The van der Waals surface area contributed by atoms with E-state index >= 15 is 0 Å². The van der Waals surface area contributed by atoms with Crippen LogP contribution in [0.15, 0.2) is 0 Å². The third kappa shape index (κ3) is 9.29. The van der Waals surface area contributed by atoms with Crippen LogP contribution in [0.4, 0.5) is 0 Å². The summed E-state index contributed by atoms with van der Waals surface area (Å²) in [6, 6.07) is -0.686. The fourth-order valence-electron chi connectivity index (χ4n) is 0.716. The lowest BCUT2D eigenvalue weighted by molar-refractivity contribution is -0.138. The highest BCUT2D eigenvalue weighted by Crippen LogP contribution is 1.93. The molecule has 0 unspecified atom stereocenters. The van der Waals surface area contributed by atoms with E-state index in [0.717, 1.165) is 0 Å². The Morgan fingerprint density at radius 2 is 2.06 bits per heavy atom. The van der Waals surface area contributed by atoms with Gasteiger partial charge >= 0.3 is 0 Å². The molecule has 0 aliphatic rings. The summed E-state index contributed by atoms with van der Waals surface area (Å²) >= 11 is 0. The smallest absolute Gasteiger partial charge is 0.289 e. The van der Waals surface area contributed by atoms with Gasteiger partial charge in [0.05, 0.1) is 6.04 Å². The molecule has 6 nitrogen and oxygen atoms in total. The summed E-state index contributed by atoms with van der Waals surface area (Å²) in [7, 11) is 1.40. The molecule has 0 saturated heterocycles. The van der Waals surface area contributed by atoms with Crippen LogP contribution in [0.5, 0.6) is 0 Å². The molecular formula is C10H22N2O4. The first-order valence-electron chi connectivity index (χ1n) is 5.12. The summed E-state index contributed by atoms with van der Waals surface area (Å²) in [4.78, 5) is 32.1. The van der Waals surface area contributed by atoms with E-state index in [9.17, 15) is 14.4 Å². The van der Waals surface area contributed by atoms with E-state index in [4.69, 9.17) is 5.73 Å². The molecule has 0 rings (SSSR count). The van der Waals surface area contributed by atoms with E-state index in [1.807, 2.05) is 13.8 Å². The SMILES string of the molecule is CC.COCNC(=O)C(=O)CC[C@H](N)C=O.[HH]. The molecule has 96 valence electrons. The van der Waals surface area contributed by atoms with Crippen molar-refractivity contribution in [3.8, 4) is 0 Å².